The van der Waals surface area contributed by atoms with Gasteiger partial charge in [0.25, 0.3) is 0 Å². The van der Waals surface area contributed by atoms with Gasteiger partial charge in [-0.2, -0.15) is 17.6 Å². The molecule has 5 fully saturated rings. The molecule has 12 aromatic rings. The molecule has 5 aliphatic carbocycles. The van der Waals surface area contributed by atoms with E-state index in [1.807, 2.05) is 133 Å². The fourth-order valence-electron chi connectivity index (χ4n) is 18.2. The summed E-state index contributed by atoms with van der Waals surface area (Å²) in [6.07, 6.45) is 8.02. The third-order valence-electron chi connectivity index (χ3n) is 27.1. The molecular weight excluding hydrogens is 1830 g/mol. The van der Waals surface area contributed by atoms with Crippen LogP contribution in [0.1, 0.15) is 172 Å². The monoisotopic (exact) mass is 1940 g/mol. The molecule has 140 heavy (non-hydrogen) atoms. The number of hydrogen-bond donors (Lipinski definition) is 0. The second kappa shape index (κ2) is 46.1. The molecule has 2 atom stereocenters. The average Bonchev–Trinajstić information content (AvgIpc) is 0.743. The van der Waals surface area contributed by atoms with Gasteiger partial charge in [-0.1, -0.05) is 196 Å². The molecule has 12 nitrogen and oxygen atoms in total. The van der Waals surface area contributed by atoms with Gasteiger partial charge in [-0.25, -0.2) is 43.9 Å². The molecule has 0 bridgehead atoms. The number of halogens is 14. The lowest BCUT2D eigenvalue weighted by Crippen LogP contribution is -2.30. The Morgan fingerprint density at radius 1 is 0.243 bits per heavy atom. The molecule has 0 amide bonds. The molecule has 736 valence electrons. The van der Waals surface area contributed by atoms with Gasteiger partial charge in [-0.05, 0) is 244 Å². The molecule has 12 aromatic carbocycles. The Balaban J connectivity index is 0.709. The van der Waals surface area contributed by atoms with Crippen molar-refractivity contribution >= 4 is 0 Å². The summed E-state index contributed by atoms with van der Waals surface area (Å²) >= 11 is 0. The summed E-state index contributed by atoms with van der Waals surface area (Å²) in [7, 11) is 0. The predicted molar refractivity (Wildman–Crippen MR) is 504 cm³/mol. The molecule has 0 heterocycles. The van der Waals surface area contributed by atoms with E-state index in [1.54, 1.807) is 24.3 Å². The maximum atomic E-state index is 17.5. The van der Waals surface area contributed by atoms with Crippen molar-refractivity contribution in [3.63, 3.8) is 0 Å². The highest BCUT2D eigenvalue weighted by molar-refractivity contribution is 5.89. The Labute approximate surface area is 805 Å². The molecule has 0 spiro atoms. The Morgan fingerprint density at radius 2 is 0.529 bits per heavy atom. The zero-order chi connectivity index (χ0) is 97.2. The van der Waals surface area contributed by atoms with Crippen LogP contribution in [0, 0.1) is 87.8 Å². The zero-order valence-corrected chi connectivity index (χ0v) is 77.5. The molecule has 2 unspecified atom stereocenters. The van der Waals surface area contributed by atoms with Crippen molar-refractivity contribution in [2.24, 2.45) is 29.6 Å². The summed E-state index contributed by atoms with van der Waals surface area (Å²) in [5.41, 5.74) is 2.71. The smallest absolute Gasteiger partial charge is 0.432 e. The molecule has 5 aliphatic rings. The highest BCUT2D eigenvalue weighted by Gasteiger charge is 2.46. The summed E-state index contributed by atoms with van der Waals surface area (Å²) < 4.78 is 297. The van der Waals surface area contributed by atoms with Crippen molar-refractivity contribution in [1.82, 2.24) is 0 Å². The van der Waals surface area contributed by atoms with E-state index in [4.69, 9.17) is 47.4 Å². The minimum atomic E-state index is -4.97. The summed E-state index contributed by atoms with van der Waals surface area (Å²) in [6.45, 7) is 1.44. The van der Waals surface area contributed by atoms with Gasteiger partial charge >= 0.3 is 12.2 Å². The van der Waals surface area contributed by atoms with E-state index in [9.17, 15) is 26.3 Å². The van der Waals surface area contributed by atoms with Crippen LogP contribution < -0.4 is 56.8 Å². The van der Waals surface area contributed by atoms with E-state index < -0.39 is 93.0 Å². The van der Waals surface area contributed by atoms with Gasteiger partial charge in [0.1, 0.15) is 45.9 Å². The molecular formula is C114H110F14O12. The third-order valence-corrected chi connectivity index (χ3v) is 27.1. The van der Waals surface area contributed by atoms with Crippen LogP contribution in [-0.2, 0) is 44.3 Å². The van der Waals surface area contributed by atoms with Crippen molar-refractivity contribution in [3.8, 4) is 102 Å². The van der Waals surface area contributed by atoms with E-state index in [2.05, 4.69) is 21.6 Å². The third kappa shape index (κ3) is 24.3. The summed E-state index contributed by atoms with van der Waals surface area (Å²) in [6, 6.07) is 56.9. The topological polar surface area (TPSA) is 111 Å². The number of rotatable bonds is 50. The van der Waals surface area contributed by atoms with Crippen LogP contribution in [0.4, 0.5) is 61.5 Å². The van der Waals surface area contributed by atoms with Gasteiger partial charge < -0.3 is 56.8 Å². The maximum absolute atomic E-state index is 17.5. The van der Waals surface area contributed by atoms with Crippen LogP contribution in [0.3, 0.4) is 0 Å². The average molecular weight is 1940 g/mol. The van der Waals surface area contributed by atoms with Crippen molar-refractivity contribution < 1.29 is 118 Å². The van der Waals surface area contributed by atoms with E-state index in [0.717, 1.165) is 123 Å². The predicted octanol–water partition coefficient (Wildman–Crippen LogP) is 29.7. The molecule has 0 aliphatic heterocycles. The molecule has 5 saturated carbocycles. The van der Waals surface area contributed by atoms with Crippen molar-refractivity contribution in [1.29, 1.82) is 0 Å². The first kappa shape index (κ1) is 98.8. The van der Waals surface area contributed by atoms with Gasteiger partial charge in [0.2, 0.25) is 34.5 Å². The Morgan fingerprint density at radius 3 is 0.871 bits per heavy atom. The quantitative estimate of drug-likeness (QED) is 0.0206. The number of aryl methyl sites for hydroxylation is 5. The standard InChI is InChI=1S/C114H110F14O12/c115-89-58-84(59-90(116)99(89)113(125,126)139-86-62-93(119)101(123)94(120)63-86)80-46-48-81(49-47-80)97-105(134-66-76-32-13-33-76)109(136-68-78-36-15-37-78)112(137-69-79-38-16-39-79)110(106(97)135-67-77-34-14-35-77)138-70-83-50-51-88(83)82-45-17-31-75(57-82)44-22-53-130-104-98(85-60-91(117)100(92(118)61-85)114(127,128)140-87-64-95(121)102(124)96(122)65-87)103(129-52-18-40-71-23-5-1-6-24-71)107(131-54-19-41-72-25-7-2-8-26-72)111(133-56-21-43-74-29-11-4-12-30-74)108(104)132-55-20-42-73-27-9-3-10-28-73/h1-12,17,23-31,45-49,57-65,76-79,83,88H,13-16,18-22,32-44,50-56,66-70H2. The lowest BCUT2D eigenvalue weighted by atomic mass is 9.70. The minimum Gasteiger partial charge on any atom is -0.489 e. The SMILES string of the molecule is Fc1cc(OC(F)(F)c2c(F)cc(-c3ccc(-c4c(OCC5CCC5)c(OCC5CCC5)c(OCC5CCC5)c(OCC5CCC5c5cccc(CCCOc6c(OCCCc7ccccc7)c(OCCCc7ccccc7)c(OCCCc7ccccc7)c(OCCCc7ccccc7)c6-c6cc(F)c(C(F)(F)Oc7cc(F)c(F)c(F)c7)c(F)c6)c5)c4OCC4CCC4)cc3)cc2F)cc(F)c1F. The Hall–Kier alpha value is -12.7. The van der Waals surface area contributed by atoms with Crippen LogP contribution in [0.15, 0.2) is 218 Å². The van der Waals surface area contributed by atoms with Crippen LogP contribution in [0.25, 0.3) is 33.4 Å². The fourth-order valence-corrected chi connectivity index (χ4v) is 18.2. The lowest BCUT2D eigenvalue weighted by molar-refractivity contribution is -0.190. The van der Waals surface area contributed by atoms with Crippen LogP contribution in [-0.4, -0.2) is 66.1 Å². The summed E-state index contributed by atoms with van der Waals surface area (Å²) in [4.78, 5) is 0. The fraction of sp³-hybridized carbons (Fsp3) is 0.368. The lowest BCUT2D eigenvalue weighted by Gasteiger charge is -2.38. The Kier molecular flexibility index (Phi) is 32.6. The zero-order valence-electron chi connectivity index (χ0n) is 77.5. The summed E-state index contributed by atoms with van der Waals surface area (Å²) in [5, 5.41) is 0. The van der Waals surface area contributed by atoms with Crippen LogP contribution in [0.5, 0.6) is 69.0 Å². The summed E-state index contributed by atoms with van der Waals surface area (Å²) in [5.74, 6) is -18.9. The molecule has 0 saturated heterocycles. The first-order chi connectivity index (χ1) is 68.0. The molecule has 0 aromatic heterocycles. The van der Waals surface area contributed by atoms with E-state index in [-0.39, 0.29) is 150 Å². The normalized spacial score (nSPS) is 15.6. The number of benzene rings is 12. The van der Waals surface area contributed by atoms with Crippen LogP contribution in [0.2, 0.25) is 0 Å². The van der Waals surface area contributed by atoms with Crippen molar-refractivity contribution in [3.05, 3.63) is 321 Å². The molecule has 17 rings (SSSR count). The van der Waals surface area contributed by atoms with Crippen LogP contribution >= 0.6 is 0 Å². The second-order valence-electron chi connectivity index (χ2n) is 37.0. The number of ether oxygens (including phenoxy) is 12. The van der Waals surface area contributed by atoms with Crippen molar-refractivity contribution in [2.75, 3.05) is 66.1 Å². The van der Waals surface area contributed by atoms with Gasteiger partial charge in [0.15, 0.2) is 57.9 Å². The van der Waals surface area contributed by atoms with E-state index >= 15 is 35.1 Å². The van der Waals surface area contributed by atoms with E-state index in [1.165, 1.54) is 0 Å². The largest absolute Gasteiger partial charge is 0.489 e. The highest BCUT2D eigenvalue weighted by Crippen LogP contribution is 2.62. The number of hydrogen-bond acceptors (Lipinski definition) is 12. The second-order valence-corrected chi connectivity index (χ2v) is 37.0. The molecule has 0 N–H and O–H groups in total. The highest BCUT2D eigenvalue weighted by atomic mass is 19.3. The van der Waals surface area contributed by atoms with Gasteiger partial charge in [-0.3, -0.25) is 0 Å². The van der Waals surface area contributed by atoms with Gasteiger partial charge in [0.05, 0.1) is 77.2 Å². The number of alkyl halides is 4. The molecule has 0 radical (unpaired) electrons. The first-order valence-corrected chi connectivity index (χ1v) is 48.6. The first-order valence-electron chi connectivity index (χ1n) is 48.6. The van der Waals surface area contributed by atoms with Gasteiger partial charge in [-0.15, -0.1) is 0 Å². The minimum absolute atomic E-state index is 0.0112. The maximum Gasteiger partial charge on any atom is 0.432 e. The molecule has 26 heteroatoms. The van der Waals surface area contributed by atoms with Gasteiger partial charge in [0, 0.05) is 24.3 Å². The van der Waals surface area contributed by atoms with E-state index in [0.29, 0.717) is 155 Å². The Bertz CT molecular complexity index is 6090. The van der Waals surface area contributed by atoms with Crippen molar-refractivity contribution in [2.45, 2.75) is 172 Å².